The first-order valence-electron chi connectivity index (χ1n) is 7.43. The zero-order valence-electron chi connectivity index (χ0n) is 11.8. The zero-order chi connectivity index (χ0) is 14.3. The molecule has 0 aliphatic heterocycles. The number of nitrogens with two attached hydrogens (primary N) is 1. The Balaban J connectivity index is 1.59. The van der Waals surface area contributed by atoms with Crippen molar-refractivity contribution in [1.82, 2.24) is 4.98 Å². The molecule has 0 saturated heterocycles. The first-order valence-corrected chi connectivity index (χ1v) is 8.25. The Hall–Kier alpha value is -1.71. The molecule has 0 spiro atoms. The molecule has 1 saturated carbocycles. The summed E-state index contributed by atoms with van der Waals surface area (Å²) in [5.41, 5.74) is 9.23. The topological polar surface area (TPSA) is 38.9 Å². The van der Waals surface area contributed by atoms with Gasteiger partial charge in [0.15, 0.2) is 0 Å². The molecule has 3 aromatic rings. The van der Waals surface area contributed by atoms with Crippen molar-refractivity contribution < 1.29 is 0 Å². The summed E-state index contributed by atoms with van der Waals surface area (Å²) in [7, 11) is 0. The van der Waals surface area contributed by atoms with E-state index in [1.54, 1.807) is 11.3 Å². The predicted molar refractivity (Wildman–Crippen MR) is 88.7 cm³/mol. The summed E-state index contributed by atoms with van der Waals surface area (Å²) in [6.45, 7) is 0. The highest BCUT2D eigenvalue weighted by Crippen LogP contribution is 2.51. The third-order valence-corrected chi connectivity index (χ3v) is 5.64. The minimum Gasteiger partial charge on any atom is -0.327 e. The molecule has 1 atom stereocenters. The minimum absolute atomic E-state index is 0.153. The van der Waals surface area contributed by atoms with Crippen LogP contribution in [0.15, 0.2) is 54.6 Å². The number of benzene rings is 2. The Morgan fingerprint density at radius 3 is 2.48 bits per heavy atom. The molecule has 3 heteroatoms. The van der Waals surface area contributed by atoms with E-state index in [0.717, 1.165) is 16.9 Å². The maximum Gasteiger partial charge on any atom is 0.0954 e. The van der Waals surface area contributed by atoms with Gasteiger partial charge in [-0.2, -0.15) is 0 Å². The van der Waals surface area contributed by atoms with Crippen molar-refractivity contribution >= 4 is 21.6 Å². The molecule has 2 nitrogen and oxygen atoms in total. The number of rotatable bonds is 4. The highest BCUT2D eigenvalue weighted by molar-refractivity contribution is 7.18. The number of hydrogen-bond acceptors (Lipinski definition) is 3. The molecule has 4 rings (SSSR count). The summed E-state index contributed by atoms with van der Waals surface area (Å²) in [6, 6.07) is 19.2. The molecule has 2 N–H and O–H groups in total. The molecular weight excluding hydrogens is 276 g/mol. The summed E-state index contributed by atoms with van der Waals surface area (Å²) >= 11 is 1.77. The van der Waals surface area contributed by atoms with Crippen LogP contribution in [0.1, 0.15) is 23.4 Å². The van der Waals surface area contributed by atoms with Gasteiger partial charge in [0.25, 0.3) is 0 Å². The van der Waals surface area contributed by atoms with Crippen LogP contribution in [0.3, 0.4) is 0 Å². The maximum atomic E-state index is 6.57. The van der Waals surface area contributed by atoms with Crippen LogP contribution < -0.4 is 5.73 Å². The molecular formula is C18H18N2S. The van der Waals surface area contributed by atoms with Gasteiger partial charge < -0.3 is 5.73 Å². The summed E-state index contributed by atoms with van der Waals surface area (Å²) < 4.78 is 1.25. The molecule has 21 heavy (non-hydrogen) atoms. The van der Waals surface area contributed by atoms with Gasteiger partial charge in [0.2, 0.25) is 0 Å². The van der Waals surface area contributed by atoms with E-state index in [0.29, 0.717) is 0 Å². The number of nitrogens with zero attached hydrogens (tertiary/aromatic N) is 1. The summed E-state index contributed by atoms with van der Waals surface area (Å²) in [4.78, 5) is 4.73. The third-order valence-electron chi connectivity index (χ3n) is 4.58. The number of hydrogen-bond donors (Lipinski definition) is 1. The monoisotopic (exact) mass is 294 g/mol. The molecule has 0 bridgehead atoms. The van der Waals surface area contributed by atoms with Crippen LogP contribution in [-0.4, -0.2) is 11.0 Å². The van der Waals surface area contributed by atoms with Crippen molar-refractivity contribution in [3.63, 3.8) is 0 Å². The van der Waals surface area contributed by atoms with E-state index in [-0.39, 0.29) is 11.5 Å². The van der Waals surface area contributed by atoms with Gasteiger partial charge in [0, 0.05) is 17.9 Å². The highest BCUT2D eigenvalue weighted by atomic mass is 32.1. The highest BCUT2D eigenvalue weighted by Gasteiger charge is 2.49. The number of fused-ring (bicyclic) bond motifs is 1. The Kier molecular flexibility index (Phi) is 3.05. The quantitative estimate of drug-likeness (QED) is 0.792. The predicted octanol–water partition coefficient (Wildman–Crippen LogP) is 3.90. The lowest BCUT2D eigenvalue weighted by atomic mass is 9.87. The van der Waals surface area contributed by atoms with Crippen LogP contribution >= 0.6 is 11.3 Å². The van der Waals surface area contributed by atoms with Crippen LogP contribution in [0.4, 0.5) is 0 Å². The summed E-state index contributed by atoms with van der Waals surface area (Å²) in [5, 5.41) is 1.16. The van der Waals surface area contributed by atoms with E-state index in [1.807, 2.05) is 6.07 Å². The third kappa shape index (κ3) is 2.27. The number of thiazole rings is 1. The van der Waals surface area contributed by atoms with Crippen LogP contribution in [0.25, 0.3) is 10.2 Å². The van der Waals surface area contributed by atoms with Crippen molar-refractivity contribution in [2.75, 3.05) is 0 Å². The first kappa shape index (κ1) is 13.0. The smallest absolute Gasteiger partial charge is 0.0954 e. The lowest BCUT2D eigenvalue weighted by molar-refractivity contribution is 0.513. The van der Waals surface area contributed by atoms with E-state index in [2.05, 4.69) is 48.5 Å². The fourth-order valence-electron chi connectivity index (χ4n) is 3.17. The van der Waals surface area contributed by atoms with Gasteiger partial charge in [-0.3, -0.25) is 0 Å². The lowest BCUT2D eigenvalue weighted by Crippen LogP contribution is -2.36. The molecule has 1 aliphatic rings. The second-order valence-electron chi connectivity index (χ2n) is 5.91. The van der Waals surface area contributed by atoms with Gasteiger partial charge in [-0.1, -0.05) is 42.5 Å². The fourth-order valence-corrected chi connectivity index (χ4v) is 4.19. The molecule has 1 unspecified atom stereocenters. The van der Waals surface area contributed by atoms with E-state index in [4.69, 9.17) is 10.7 Å². The van der Waals surface area contributed by atoms with Crippen LogP contribution in [0.2, 0.25) is 0 Å². The zero-order valence-corrected chi connectivity index (χ0v) is 12.6. The number of para-hydroxylation sites is 1. The average Bonchev–Trinajstić information content (AvgIpc) is 3.23. The van der Waals surface area contributed by atoms with Crippen molar-refractivity contribution in [2.45, 2.75) is 30.7 Å². The van der Waals surface area contributed by atoms with Gasteiger partial charge in [0.05, 0.1) is 15.2 Å². The minimum atomic E-state index is 0.153. The molecule has 1 fully saturated rings. The normalized spacial score (nSPS) is 17.8. The lowest BCUT2D eigenvalue weighted by Gasteiger charge is -2.23. The van der Waals surface area contributed by atoms with Crippen LogP contribution in [-0.2, 0) is 11.8 Å². The van der Waals surface area contributed by atoms with E-state index in [9.17, 15) is 0 Å². The Morgan fingerprint density at radius 1 is 1.05 bits per heavy atom. The molecule has 1 aromatic heterocycles. The molecule has 0 amide bonds. The van der Waals surface area contributed by atoms with Gasteiger partial charge in [-0.25, -0.2) is 4.98 Å². The van der Waals surface area contributed by atoms with Crippen molar-refractivity contribution in [2.24, 2.45) is 5.73 Å². The fraction of sp³-hybridized carbons (Fsp3) is 0.278. The second-order valence-corrected chi connectivity index (χ2v) is 7.02. The van der Waals surface area contributed by atoms with E-state index in [1.165, 1.54) is 23.1 Å². The Morgan fingerprint density at radius 2 is 1.76 bits per heavy atom. The number of aromatic nitrogens is 1. The van der Waals surface area contributed by atoms with Gasteiger partial charge in [-0.15, -0.1) is 11.3 Å². The average molecular weight is 294 g/mol. The maximum absolute atomic E-state index is 6.57. The van der Waals surface area contributed by atoms with Crippen molar-refractivity contribution in [1.29, 1.82) is 0 Å². The standard InChI is InChI=1S/C18H18N2S/c19-16(18(10-11-18)13-6-2-1-3-7-13)12-17-20-14-8-4-5-9-15(14)21-17/h1-9,16H,10-12,19H2. The van der Waals surface area contributed by atoms with Crippen LogP contribution in [0.5, 0.6) is 0 Å². The van der Waals surface area contributed by atoms with E-state index < -0.39 is 0 Å². The van der Waals surface area contributed by atoms with E-state index >= 15 is 0 Å². The summed E-state index contributed by atoms with van der Waals surface area (Å²) in [6.07, 6.45) is 3.26. The second kappa shape index (κ2) is 4.93. The molecule has 2 aromatic carbocycles. The SMILES string of the molecule is NC(Cc1nc2ccccc2s1)C1(c2ccccc2)CC1. The van der Waals surface area contributed by atoms with Crippen LogP contribution in [0, 0.1) is 0 Å². The first-order chi connectivity index (χ1) is 10.3. The van der Waals surface area contributed by atoms with Gasteiger partial charge in [0.1, 0.15) is 0 Å². The van der Waals surface area contributed by atoms with Crippen molar-refractivity contribution in [3.8, 4) is 0 Å². The Bertz CT molecular complexity index is 726. The summed E-state index contributed by atoms with van der Waals surface area (Å²) in [5.74, 6) is 0. The Labute approximate surface area is 128 Å². The largest absolute Gasteiger partial charge is 0.327 e. The molecule has 106 valence electrons. The molecule has 1 aliphatic carbocycles. The van der Waals surface area contributed by atoms with Gasteiger partial charge >= 0.3 is 0 Å². The van der Waals surface area contributed by atoms with Crippen molar-refractivity contribution in [3.05, 3.63) is 65.2 Å². The molecule has 1 heterocycles. The van der Waals surface area contributed by atoms with Gasteiger partial charge in [-0.05, 0) is 30.5 Å². The molecule has 0 radical (unpaired) electrons.